The molecule has 0 spiro atoms. The van der Waals surface area contributed by atoms with E-state index in [0.717, 1.165) is 12.8 Å². The minimum atomic E-state index is -1.07. The summed E-state index contributed by atoms with van der Waals surface area (Å²) in [6.07, 6.45) is 2.47. The van der Waals surface area contributed by atoms with Crippen LogP contribution in [0.3, 0.4) is 0 Å². The van der Waals surface area contributed by atoms with Crippen LogP contribution in [-0.2, 0) is 0 Å². The third-order valence-electron chi connectivity index (χ3n) is 2.65. The Bertz CT molecular complexity index is 124. The zero-order valence-corrected chi connectivity index (χ0v) is 6.73. The highest BCUT2D eigenvalue weighted by atomic mass is 19.1. The summed E-state index contributed by atoms with van der Waals surface area (Å²) in [7, 11) is 0. The van der Waals surface area contributed by atoms with E-state index in [1.54, 1.807) is 0 Å². The molecule has 0 amide bonds. The van der Waals surface area contributed by atoms with E-state index < -0.39 is 5.67 Å². The molecule has 60 valence electrons. The van der Waals surface area contributed by atoms with Crippen molar-refractivity contribution >= 4 is 0 Å². The molecule has 2 heteroatoms. The van der Waals surface area contributed by atoms with E-state index in [1.807, 2.05) is 13.8 Å². The molecule has 1 fully saturated rings. The first kappa shape index (κ1) is 7.99. The lowest BCUT2D eigenvalue weighted by atomic mass is 9.88. The molecule has 1 aliphatic carbocycles. The highest BCUT2D eigenvalue weighted by molar-refractivity contribution is 4.97. The van der Waals surface area contributed by atoms with Crippen molar-refractivity contribution in [2.45, 2.75) is 44.8 Å². The third-order valence-corrected chi connectivity index (χ3v) is 2.65. The number of hydrogen-bond acceptors (Lipinski definition) is 1. The molecule has 1 rings (SSSR count). The van der Waals surface area contributed by atoms with Gasteiger partial charge >= 0.3 is 0 Å². The molecule has 2 atom stereocenters. The number of nitrogens with two attached hydrogens (primary N) is 1. The summed E-state index contributed by atoms with van der Waals surface area (Å²) in [5, 5.41) is 0. The van der Waals surface area contributed by atoms with Crippen LogP contribution in [0, 0.1) is 5.92 Å². The van der Waals surface area contributed by atoms with Gasteiger partial charge in [0.25, 0.3) is 0 Å². The molecule has 1 aliphatic rings. The van der Waals surface area contributed by atoms with Crippen LogP contribution >= 0.6 is 0 Å². The highest BCUT2D eigenvalue weighted by Crippen LogP contribution is 2.38. The maximum atomic E-state index is 13.7. The monoisotopic (exact) mass is 145 g/mol. The van der Waals surface area contributed by atoms with Gasteiger partial charge in [0, 0.05) is 6.04 Å². The normalized spacial score (nSPS) is 41.1. The van der Waals surface area contributed by atoms with E-state index in [2.05, 4.69) is 0 Å². The Morgan fingerprint density at radius 2 is 2.20 bits per heavy atom. The molecule has 0 aromatic carbocycles. The van der Waals surface area contributed by atoms with Crippen molar-refractivity contribution in [1.82, 2.24) is 0 Å². The first-order valence-electron chi connectivity index (χ1n) is 4.02. The summed E-state index contributed by atoms with van der Waals surface area (Å²) in [6, 6.07) is -0.215. The van der Waals surface area contributed by atoms with Crippen LogP contribution in [0.4, 0.5) is 4.39 Å². The Kier molecular flexibility index (Phi) is 1.99. The van der Waals surface area contributed by atoms with Crippen LogP contribution in [0.1, 0.15) is 33.1 Å². The average molecular weight is 145 g/mol. The second-order valence-corrected chi connectivity index (χ2v) is 3.58. The van der Waals surface area contributed by atoms with Gasteiger partial charge in [-0.05, 0) is 25.2 Å². The zero-order chi connectivity index (χ0) is 7.78. The van der Waals surface area contributed by atoms with Gasteiger partial charge in [0.15, 0.2) is 0 Å². The highest BCUT2D eigenvalue weighted by Gasteiger charge is 2.43. The van der Waals surface area contributed by atoms with Crippen molar-refractivity contribution in [3.63, 3.8) is 0 Å². The summed E-state index contributed by atoms with van der Waals surface area (Å²) in [5.41, 5.74) is 4.57. The average Bonchev–Trinajstić information content (AvgIpc) is 2.15. The van der Waals surface area contributed by atoms with Gasteiger partial charge < -0.3 is 5.73 Å². The molecule has 0 aromatic rings. The van der Waals surface area contributed by atoms with E-state index >= 15 is 0 Å². The summed E-state index contributed by atoms with van der Waals surface area (Å²) < 4.78 is 13.7. The summed E-state index contributed by atoms with van der Waals surface area (Å²) in [5.74, 6) is 0.0741. The predicted molar refractivity (Wildman–Crippen MR) is 40.5 cm³/mol. The van der Waals surface area contributed by atoms with Crippen molar-refractivity contribution in [1.29, 1.82) is 0 Å². The van der Waals surface area contributed by atoms with Gasteiger partial charge in [0.1, 0.15) is 5.67 Å². The first-order valence-corrected chi connectivity index (χ1v) is 4.02. The molecule has 1 saturated carbocycles. The Morgan fingerprint density at radius 1 is 1.60 bits per heavy atom. The van der Waals surface area contributed by atoms with E-state index in [1.165, 1.54) is 0 Å². The van der Waals surface area contributed by atoms with Crippen molar-refractivity contribution in [3.8, 4) is 0 Å². The van der Waals surface area contributed by atoms with E-state index in [9.17, 15) is 4.39 Å². The number of hydrogen-bond donors (Lipinski definition) is 1. The third kappa shape index (κ3) is 1.05. The molecule has 0 aromatic heterocycles. The maximum absolute atomic E-state index is 13.7. The lowest BCUT2D eigenvalue weighted by Gasteiger charge is -2.28. The van der Waals surface area contributed by atoms with Gasteiger partial charge in [0.2, 0.25) is 0 Å². The van der Waals surface area contributed by atoms with E-state index in [0.29, 0.717) is 6.42 Å². The van der Waals surface area contributed by atoms with Gasteiger partial charge in [-0.1, -0.05) is 13.8 Å². The largest absolute Gasteiger partial charge is 0.325 e. The summed E-state index contributed by atoms with van der Waals surface area (Å²) in [6.45, 7) is 3.82. The van der Waals surface area contributed by atoms with Crippen molar-refractivity contribution < 1.29 is 4.39 Å². The van der Waals surface area contributed by atoms with Gasteiger partial charge in [-0.15, -0.1) is 0 Å². The van der Waals surface area contributed by atoms with E-state index in [-0.39, 0.29) is 12.0 Å². The van der Waals surface area contributed by atoms with Crippen LogP contribution in [0.25, 0.3) is 0 Å². The molecule has 0 bridgehead atoms. The fraction of sp³-hybridized carbons (Fsp3) is 1.00. The Morgan fingerprint density at radius 3 is 2.40 bits per heavy atom. The quantitative estimate of drug-likeness (QED) is 0.598. The number of rotatable bonds is 1. The Balaban J connectivity index is 2.66. The molecule has 0 saturated heterocycles. The van der Waals surface area contributed by atoms with Crippen LogP contribution < -0.4 is 5.73 Å². The fourth-order valence-electron chi connectivity index (χ4n) is 1.74. The standard InChI is InChI=1S/C8H16FN/c1-6(2)8(9)5-3-4-7(8)10/h6-7H,3-5,10H2,1-2H3. The van der Waals surface area contributed by atoms with Gasteiger partial charge in [-0.25, -0.2) is 4.39 Å². The topological polar surface area (TPSA) is 26.0 Å². The van der Waals surface area contributed by atoms with Crippen LogP contribution in [0.15, 0.2) is 0 Å². The summed E-state index contributed by atoms with van der Waals surface area (Å²) in [4.78, 5) is 0. The smallest absolute Gasteiger partial charge is 0.128 e. The van der Waals surface area contributed by atoms with Crippen molar-refractivity contribution in [2.24, 2.45) is 11.7 Å². The molecule has 2 unspecified atom stereocenters. The minimum Gasteiger partial charge on any atom is -0.325 e. The molecular formula is C8H16FN. The second kappa shape index (κ2) is 2.50. The van der Waals surface area contributed by atoms with Gasteiger partial charge in [0.05, 0.1) is 0 Å². The Labute approximate surface area is 61.8 Å². The lowest BCUT2D eigenvalue weighted by Crippen LogP contribution is -2.43. The van der Waals surface area contributed by atoms with Crippen molar-refractivity contribution in [2.75, 3.05) is 0 Å². The van der Waals surface area contributed by atoms with Gasteiger partial charge in [-0.3, -0.25) is 0 Å². The molecule has 0 aliphatic heterocycles. The van der Waals surface area contributed by atoms with Crippen molar-refractivity contribution in [3.05, 3.63) is 0 Å². The maximum Gasteiger partial charge on any atom is 0.128 e. The predicted octanol–water partition coefficient (Wildman–Crippen LogP) is 1.86. The van der Waals surface area contributed by atoms with Gasteiger partial charge in [-0.2, -0.15) is 0 Å². The molecule has 2 N–H and O–H groups in total. The first-order chi connectivity index (χ1) is 4.57. The van der Waals surface area contributed by atoms with Crippen LogP contribution in [-0.4, -0.2) is 11.7 Å². The summed E-state index contributed by atoms with van der Waals surface area (Å²) >= 11 is 0. The fourth-order valence-corrected chi connectivity index (χ4v) is 1.74. The number of halogens is 1. The number of alkyl halides is 1. The molecule has 10 heavy (non-hydrogen) atoms. The lowest BCUT2D eigenvalue weighted by molar-refractivity contribution is 0.0899. The molecule has 0 radical (unpaired) electrons. The Hall–Kier alpha value is -0.110. The van der Waals surface area contributed by atoms with Crippen LogP contribution in [0.2, 0.25) is 0 Å². The second-order valence-electron chi connectivity index (χ2n) is 3.58. The van der Waals surface area contributed by atoms with E-state index in [4.69, 9.17) is 5.73 Å². The molecule has 1 nitrogen and oxygen atoms in total. The van der Waals surface area contributed by atoms with Crippen LogP contribution in [0.5, 0.6) is 0 Å². The minimum absolute atomic E-state index is 0.0741. The zero-order valence-electron chi connectivity index (χ0n) is 6.73. The molecular weight excluding hydrogens is 129 g/mol. The molecule has 0 heterocycles. The SMILES string of the molecule is CC(C)C1(F)CCCC1N.